The van der Waals surface area contributed by atoms with Crippen LogP contribution in [0, 0.1) is 0 Å². The summed E-state index contributed by atoms with van der Waals surface area (Å²) in [6.07, 6.45) is 3.82. The lowest BCUT2D eigenvalue weighted by molar-refractivity contribution is -0.117. The van der Waals surface area contributed by atoms with Crippen molar-refractivity contribution in [1.29, 1.82) is 0 Å². The molecule has 0 bridgehead atoms. The normalized spacial score (nSPS) is 18.0. The first-order chi connectivity index (χ1) is 14.7. The number of hydrogen-bond donors (Lipinski definition) is 1. The molecule has 0 aliphatic carbocycles. The second kappa shape index (κ2) is 9.65. The van der Waals surface area contributed by atoms with Gasteiger partial charge in [-0.05, 0) is 36.2 Å². The van der Waals surface area contributed by atoms with Crippen LogP contribution in [-0.2, 0) is 11.3 Å². The standard InChI is InChI=1S/C24H30N4O2/c1-25-24(27-16-13-22(14-17-27)30-21-6-3-2-4-7-21)26-18-19-9-11-20(12-10-19)28-15-5-8-23(28)29/h2-4,6-7,9-12,22H,5,8,13-18H2,1H3,(H,25,26). The van der Waals surface area contributed by atoms with E-state index in [1.807, 2.05) is 54.4 Å². The molecule has 1 N–H and O–H groups in total. The maximum atomic E-state index is 11.9. The van der Waals surface area contributed by atoms with Crippen LogP contribution in [0.15, 0.2) is 59.6 Å². The van der Waals surface area contributed by atoms with Crippen LogP contribution in [0.25, 0.3) is 0 Å². The predicted molar refractivity (Wildman–Crippen MR) is 120 cm³/mol. The Balaban J connectivity index is 1.25. The third-order valence-corrected chi connectivity index (χ3v) is 5.77. The van der Waals surface area contributed by atoms with Crippen LogP contribution in [0.2, 0.25) is 0 Å². The number of aliphatic imine (C=N–C) groups is 1. The molecule has 6 nitrogen and oxygen atoms in total. The lowest BCUT2D eigenvalue weighted by atomic mass is 10.1. The molecule has 2 aromatic carbocycles. The van der Waals surface area contributed by atoms with Crippen molar-refractivity contribution in [3.63, 3.8) is 0 Å². The molecule has 2 heterocycles. The molecular weight excluding hydrogens is 376 g/mol. The fraction of sp³-hybridized carbons (Fsp3) is 0.417. The molecule has 30 heavy (non-hydrogen) atoms. The molecule has 2 aliphatic rings. The minimum atomic E-state index is 0.223. The summed E-state index contributed by atoms with van der Waals surface area (Å²) < 4.78 is 6.09. The lowest BCUT2D eigenvalue weighted by Gasteiger charge is -2.34. The predicted octanol–water partition coefficient (Wildman–Crippen LogP) is 3.43. The SMILES string of the molecule is CN=C(NCc1ccc(N2CCCC2=O)cc1)N1CCC(Oc2ccccc2)CC1. The molecule has 6 heteroatoms. The molecule has 0 unspecified atom stereocenters. The zero-order valence-corrected chi connectivity index (χ0v) is 17.6. The van der Waals surface area contributed by atoms with Crippen LogP contribution in [0.1, 0.15) is 31.2 Å². The van der Waals surface area contributed by atoms with Crippen molar-refractivity contribution in [3.8, 4) is 5.75 Å². The number of nitrogens with one attached hydrogen (secondary N) is 1. The third kappa shape index (κ3) is 4.93. The number of benzene rings is 2. The average molecular weight is 407 g/mol. The summed E-state index contributed by atoms with van der Waals surface area (Å²) in [5.41, 5.74) is 2.17. The van der Waals surface area contributed by atoms with Gasteiger partial charge in [0.15, 0.2) is 5.96 Å². The van der Waals surface area contributed by atoms with Crippen LogP contribution in [0.3, 0.4) is 0 Å². The fourth-order valence-corrected chi connectivity index (χ4v) is 4.11. The summed E-state index contributed by atoms with van der Waals surface area (Å²) in [6, 6.07) is 18.3. The van der Waals surface area contributed by atoms with E-state index >= 15 is 0 Å². The summed E-state index contributed by atoms with van der Waals surface area (Å²) in [5.74, 6) is 2.09. The van der Waals surface area contributed by atoms with Gasteiger partial charge in [0.2, 0.25) is 5.91 Å². The molecule has 2 aliphatic heterocycles. The third-order valence-electron chi connectivity index (χ3n) is 5.77. The fourth-order valence-electron chi connectivity index (χ4n) is 4.11. The number of nitrogens with zero attached hydrogens (tertiary/aromatic N) is 3. The number of guanidine groups is 1. The number of ether oxygens (including phenoxy) is 1. The van der Waals surface area contributed by atoms with E-state index in [-0.39, 0.29) is 12.0 Å². The van der Waals surface area contributed by atoms with Crippen LogP contribution in [-0.4, -0.2) is 49.6 Å². The summed E-state index contributed by atoms with van der Waals surface area (Å²) in [5, 5.41) is 3.47. The van der Waals surface area contributed by atoms with E-state index in [1.54, 1.807) is 0 Å². The van der Waals surface area contributed by atoms with Gasteiger partial charge in [-0.25, -0.2) is 0 Å². The molecular formula is C24H30N4O2. The quantitative estimate of drug-likeness (QED) is 0.611. The number of piperidine rings is 1. The van der Waals surface area contributed by atoms with Gasteiger partial charge < -0.3 is 19.9 Å². The van der Waals surface area contributed by atoms with Gasteiger partial charge in [0.25, 0.3) is 0 Å². The van der Waals surface area contributed by atoms with Gasteiger partial charge in [0.1, 0.15) is 11.9 Å². The summed E-state index contributed by atoms with van der Waals surface area (Å²) in [7, 11) is 1.83. The van der Waals surface area contributed by atoms with Gasteiger partial charge in [-0.3, -0.25) is 9.79 Å². The second-order valence-electron chi connectivity index (χ2n) is 7.83. The highest BCUT2D eigenvalue weighted by Crippen LogP contribution is 2.22. The first-order valence-corrected chi connectivity index (χ1v) is 10.8. The van der Waals surface area contributed by atoms with Crippen molar-refractivity contribution in [3.05, 3.63) is 60.2 Å². The van der Waals surface area contributed by atoms with E-state index in [0.717, 1.165) is 56.3 Å². The number of para-hydroxylation sites is 1. The minimum absolute atomic E-state index is 0.223. The highest BCUT2D eigenvalue weighted by molar-refractivity contribution is 5.95. The van der Waals surface area contributed by atoms with Gasteiger partial charge in [-0.2, -0.15) is 0 Å². The molecule has 2 fully saturated rings. The van der Waals surface area contributed by atoms with E-state index in [9.17, 15) is 4.79 Å². The first-order valence-electron chi connectivity index (χ1n) is 10.8. The van der Waals surface area contributed by atoms with Crippen LogP contribution >= 0.6 is 0 Å². The van der Waals surface area contributed by atoms with Crippen molar-refractivity contribution in [1.82, 2.24) is 10.2 Å². The molecule has 4 rings (SSSR count). The Bertz CT molecular complexity index is 859. The Kier molecular flexibility index (Phi) is 6.52. The van der Waals surface area contributed by atoms with Gasteiger partial charge >= 0.3 is 0 Å². The van der Waals surface area contributed by atoms with E-state index in [2.05, 4.69) is 27.3 Å². The maximum Gasteiger partial charge on any atom is 0.227 e. The van der Waals surface area contributed by atoms with Crippen LogP contribution < -0.4 is 15.0 Å². The topological polar surface area (TPSA) is 57.2 Å². The number of amides is 1. The van der Waals surface area contributed by atoms with Gasteiger partial charge in [0, 0.05) is 58.2 Å². The number of rotatable bonds is 5. The maximum absolute atomic E-state index is 11.9. The highest BCUT2D eigenvalue weighted by Gasteiger charge is 2.23. The molecule has 0 spiro atoms. The number of hydrogen-bond acceptors (Lipinski definition) is 3. The molecule has 1 amide bonds. The summed E-state index contributed by atoms with van der Waals surface area (Å²) in [4.78, 5) is 20.5. The summed E-state index contributed by atoms with van der Waals surface area (Å²) >= 11 is 0. The Morgan fingerprint density at radius 2 is 1.80 bits per heavy atom. The summed E-state index contributed by atoms with van der Waals surface area (Å²) in [6.45, 7) is 3.38. The zero-order chi connectivity index (χ0) is 20.8. The monoisotopic (exact) mass is 406 g/mol. The Morgan fingerprint density at radius 3 is 2.43 bits per heavy atom. The smallest absolute Gasteiger partial charge is 0.227 e. The lowest BCUT2D eigenvalue weighted by Crippen LogP contribution is -2.47. The molecule has 0 saturated carbocycles. The average Bonchev–Trinajstić information content (AvgIpc) is 3.22. The van der Waals surface area contributed by atoms with Crippen molar-refractivity contribution in [2.45, 2.75) is 38.3 Å². The number of carbonyl (C=O) groups is 1. The molecule has 0 radical (unpaired) electrons. The van der Waals surface area contributed by atoms with Gasteiger partial charge in [-0.15, -0.1) is 0 Å². The molecule has 2 saturated heterocycles. The van der Waals surface area contributed by atoms with E-state index < -0.39 is 0 Å². The van der Waals surface area contributed by atoms with Crippen molar-refractivity contribution in [2.24, 2.45) is 4.99 Å². The van der Waals surface area contributed by atoms with E-state index in [4.69, 9.17) is 4.74 Å². The van der Waals surface area contributed by atoms with Gasteiger partial charge in [0.05, 0.1) is 0 Å². The van der Waals surface area contributed by atoms with E-state index in [0.29, 0.717) is 13.0 Å². The highest BCUT2D eigenvalue weighted by atomic mass is 16.5. The zero-order valence-electron chi connectivity index (χ0n) is 17.6. The Hall–Kier alpha value is -3.02. The molecule has 158 valence electrons. The van der Waals surface area contributed by atoms with Crippen molar-refractivity contribution in [2.75, 3.05) is 31.6 Å². The van der Waals surface area contributed by atoms with Crippen LogP contribution in [0.5, 0.6) is 5.75 Å². The largest absolute Gasteiger partial charge is 0.490 e. The molecule has 0 aromatic heterocycles. The number of anilines is 1. The second-order valence-corrected chi connectivity index (χ2v) is 7.83. The molecule has 2 aromatic rings. The van der Waals surface area contributed by atoms with Gasteiger partial charge in [-0.1, -0.05) is 30.3 Å². The molecule has 0 atom stereocenters. The Labute approximate surface area is 178 Å². The number of carbonyl (C=O) groups excluding carboxylic acids is 1. The van der Waals surface area contributed by atoms with Crippen LogP contribution in [0.4, 0.5) is 5.69 Å². The minimum Gasteiger partial charge on any atom is -0.490 e. The first kappa shape index (κ1) is 20.3. The van der Waals surface area contributed by atoms with Crippen molar-refractivity contribution < 1.29 is 9.53 Å². The Morgan fingerprint density at radius 1 is 1.07 bits per heavy atom. The number of likely N-dealkylation sites (tertiary alicyclic amines) is 1. The van der Waals surface area contributed by atoms with E-state index in [1.165, 1.54) is 5.56 Å². The van der Waals surface area contributed by atoms with Crippen molar-refractivity contribution >= 4 is 17.6 Å².